The third kappa shape index (κ3) is 3.96. The minimum Gasteiger partial charge on any atom is -0.348 e. The zero-order chi connectivity index (χ0) is 16.4. The van der Waals surface area contributed by atoms with Gasteiger partial charge in [0, 0.05) is 12.1 Å². The lowest BCUT2D eigenvalue weighted by Crippen LogP contribution is -2.33. The first-order valence-corrected chi connectivity index (χ1v) is 8.68. The number of alkyl halides is 3. The van der Waals surface area contributed by atoms with Crippen molar-refractivity contribution in [1.29, 1.82) is 0 Å². The van der Waals surface area contributed by atoms with Gasteiger partial charge < -0.3 is 5.32 Å². The van der Waals surface area contributed by atoms with Crippen molar-refractivity contribution >= 4 is 62.3 Å². The predicted molar refractivity (Wildman–Crippen MR) is 97.2 cm³/mol. The van der Waals surface area contributed by atoms with Crippen molar-refractivity contribution in [2.75, 3.05) is 0 Å². The lowest BCUT2D eigenvalue weighted by Gasteiger charge is -2.11. The van der Waals surface area contributed by atoms with E-state index in [1.807, 2.05) is 42.5 Å². The van der Waals surface area contributed by atoms with Crippen molar-refractivity contribution in [3.63, 3.8) is 0 Å². The zero-order valence-electron chi connectivity index (χ0n) is 11.7. The van der Waals surface area contributed by atoms with Crippen LogP contribution in [0.25, 0.3) is 20.8 Å². The molecule has 3 nitrogen and oxygen atoms in total. The van der Waals surface area contributed by atoms with Crippen LogP contribution in [-0.2, 0) is 11.3 Å². The molecule has 1 heterocycles. The van der Waals surface area contributed by atoms with E-state index >= 15 is 0 Å². The van der Waals surface area contributed by atoms with Crippen LogP contribution in [0.5, 0.6) is 0 Å². The fraction of sp³-hybridized carbons (Fsp3) is 0.125. The molecular weight excluding hydrogens is 375 g/mol. The van der Waals surface area contributed by atoms with E-state index in [1.54, 1.807) is 11.3 Å². The lowest BCUT2D eigenvalue weighted by molar-refractivity contribution is -0.120. The number of halogens is 3. The molecule has 0 radical (unpaired) electrons. The Labute approximate surface area is 152 Å². The summed E-state index contributed by atoms with van der Waals surface area (Å²) in [5.74, 6) is -0.641. The number of aromatic nitrogens is 1. The first kappa shape index (κ1) is 16.5. The molecule has 0 unspecified atom stereocenters. The molecule has 7 heteroatoms. The van der Waals surface area contributed by atoms with E-state index in [0.717, 1.165) is 26.4 Å². The summed E-state index contributed by atoms with van der Waals surface area (Å²) >= 11 is 18.2. The van der Waals surface area contributed by atoms with Crippen molar-refractivity contribution in [2.45, 2.75) is 10.3 Å². The number of rotatable bonds is 3. The van der Waals surface area contributed by atoms with Gasteiger partial charge in [-0.15, -0.1) is 11.3 Å². The molecule has 0 spiro atoms. The van der Waals surface area contributed by atoms with Gasteiger partial charge in [0.25, 0.3) is 9.70 Å². The Morgan fingerprint density at radius 2 is 1.78 bits per heavy atom. The highest BCUT2D eigenvalue weighted by molar-refractivity contribution is 7.21. The van der Waals surface area contributed by atoms with Crippen molar-refractivity contribution < 1.29 is 4.79 Å². The summed E-state index contributed by atoms with van der Waals surface area (Å²) in [7, 11) is 0. The molecule has 0 saturated heterocycles. The third-order valence-corrected chi connectivity index (χ3v) is 4.81. The molecule has 0 aliphatic rings. The number of carbonyl (C=O) groups is 1. The van der Waals surface area contributed by atoms with Gasteiger partial charge in [0.2, 0.25) is 0 Å². The van der Waals surface area contributed by atoms with E-state index < -0.39 is 9.70 Å². The second-order valence-electron chi connectivity index (χ2n) is 4.86. The van der Waals surface area contributed by atoms with Crippen molar-refractivity contribution in [2.24, 2.45) is 0 Å². The standard InChI is InChI=1S/C16H11Cl3N2OS/c17-16(18,19)15(22)20-9-10-5-7-11(8-6-10)14-21-12-3-1-2-4-13(12)23-14/h1-8H,9H2,(H,20,22). The Balaban J connectivity index is 1.73. The first-order chi connectivity index (χ1) is 10.9. The topological polar surface area (TPSA) is 42.0 Å². The number of thiazole rings is 1. The number of nitrogens with zero attached hydrogens (tertiary/aromatic N) is 1. The van der Waals surface area contributed by atoms with Gasteiger partial charge in [0.15, 0.2) is 0 Å². The van der Waals surface area contributed by atoms with Crippen LogP contribution in [-0.4, -0.2) is 14.7 Å². The van der Waals surface area contributed by atoms with Crippen LogP contribution < -0.4 is 5.32 Å². The molecule has 0 atom stereocenters. The largest absolute Gasteiger partial charge is 0.348 e. The second kappa shape index (κ2) is 6.65. The number of fused-ring (bicyclic) bond motifs is 1. The maximum absolute atomic E-state index is 11.5. The minimum absolute atomic E-state index is 0.298. The first-order valence-electron chi connectivity index (χ1n) is 6.73. The highest BCUT2D eigenvalue weighted by atomic mass is 35.6. The SMILES string of the molecule is O=C(NCc1ccc(-c2nc3ccccc3s2)cc1)C(Cl)(Cl)Cl. The maximum atomic E-state index is 11.5. The zero-order valence-corrected chi connectivity index (χ0v) is 14.8. The van der Waals surface area contributed by atoms with Crippen LogP contribution in [0.4, 0.5) is 0 Å². The number of carbonyl (C=O) groups excluding carboxylic acids is 1. The van der Waals surface area contributed by atoms with Gasteiger partial charge in [-0.2, -0.15) is 0 Å². The average molecular weight is 386 g/mol. The van der Waals surface area contributed by atoms with Crippen molar-refractivity contribution in [3.8, 4) is 10.6 Å². The molecule has 1 aromatic heterocycles. The van der Waals surface area contributed by atoms with E-state index in [4.69, 9.17) is 34.8 Å². The Hall–Kier alpha value is -1.33. The lowest BCUT2D eigenvalue weighted by atomic mass is 10.1. The Morgan fingerprint density at radius 3 is 2.43 bits per heavy atom. The van der Waals surface area contributed by atoms with E-state index in [9.17, 15) is 4.79 Å². The quantitative estimate of drug-likeness (QED) is 0.648. The number of hydrogen-bond donors (Lipinski definition) is 1. The fourth-order valence-electron chi connectivity index (χ4n) is 2.04. The summed E-state index contributed by atoms with van der Waals surface area (Å²) < 4.78 is -0.789. The molecule has 1 N–H and O–H groups in total. The molecule has 0 fully saturated rings. The van der Waals surface area contributed by atoms with E-state index in [1.165, 1.54) is 0 Å². The number of para-hydroxylation sites is 1. The summed E-state index contributed by atoms with van der Waals surface area (Å²) in [6.45, 7) is 0.298. The summed E-state index contributed by atoms with van der Waals surface area (Å²) in [6, 6.07) is 15.8. The molecule has 0 aliphatic carbocycles. The highest BCUT2D eigenvalue weighted by Crippen LogP contribution is 2.30. The average Bonchev–Trinajstić information content (AvgIpc) is 2.96. The Kier molecular flexibility index (Phi) is 4.78. The van der Waals surface area contributed by atoms with Crippen LogP contribution in [0.2, 0.25) is 0 Å². The van der Waals surface area contributed by atoms with Crippen molar-refractivity contribution in [3.05, 3.63) is 54.1 Å². The minimum atomic E-state index is -1.94. The van der Waals surface area contributed by atoms with Gasteiger partial charge in [-0.05, 0) is 17.7 Å². The van der Waals surface area contributed by atoms with Crippen LogP contribution >= 0.6 is 46.1 Å². The van der Waals surface area contributed by atoms with Crippen LogP contribution in [0, 0.1) is 0 Å². The molecule has 0 aliphatic heterocycles. The van der Waals surface area contributed by atoms with Crippen LogP contribution in [0.1, 0.15) is 5.56 Å². The normalized spacial score (nSPS) is 11.6. The van der Waals surface area contributed by atoms with Crippen molar-refractivity contribution in [1.82, 2.24) is 10.3 Å². The molecule has 3 rings (SSSR count). The third-order valence-electron chi connectivity index (χ3n) is 3.21. The van der Waals surface area contributed by atoms with Gasteiger partial charge in [-0.25, -0.2) is 4.98 Å². The van der Waals surface area contributed by atoms with Crippen LogP contribution in [0.15, 0.2) is 48.5 Å². The molecule has 2 aromatic carbocycles. The van der Waals surface area contributed by atoms with Gasteiger partial charge >= 0.3 is 0 Å². The predicted octanol–water partition coefficient (Wildman–Crippen LogP) is 4.95. The molecule has 0 saturated carbocycles. The van der Waals surface area contributed by atoms with E-state index in [-0.39, 0.29) is 0 Å². The van der Waals surface area contributed by atoms with Gasteiger partial charge in [0.1, 0.15) is 5.01 Å². The highest BCUT2D eigenvalue weighted by Gasteiger charge is 2.30. The van der Waals surface area contributed by atoms with Crippen LogP contribution in [0.3, 0.4) is 0 Å². The van der Waals surface area contributed by atoms with E-state index in [0.29, 0.717) is 6.54 Å². The Morgan fingerprint density at radius 1 is 1.09 bits per heavy atom. The smallest absolute Gasteiger partial charge is 0.272 e. The molecule has 1 amide bonds. The fourth-order valence-corrected chi connectivity index (χ4v) is 3.21. The summed E-state index contributed by atoms with van der Waals surface area (Å²) in [4.78, 5) is 16.1. The summed E-state index contributed by atoms with van der Waals surface area (Å²) in [6.07, 6.45) is 0. The molecule has 23 heavy (non-hydrogen) atoms. The molecule has 118 valence electrons. The van der Waals surface area contributed by atoms with Gasteiger partial charge in [0.05, 0.1) is 10.2 Å². The molecular formula is C16H11Cl3N2OS. The van der Waals surface area contributed by atoms with E-state index in [2.05, 4.69) is 16.4 Å². The monoisotopic (exact) mass is 384 g/mol. The van der Waals surface area contributed by atoms with Gasteiger partial charge in [-0.3, -0.25) is 4.79 Å². The number of nitrogens with one attached hydrogen (secondary N) is 1. The Bertz CT molecular complexity index is 807. The molecule has 3 aromatic rings. The second-order valence-corrected chi connectivity index (χ2v) is 8.18. The molecule has 0 bridgehead atoms. The number of hydrogen-bond acceptors (Lipinski definition) is 3. The summed E-state index contributed by atoms with van der Waals surface area (Å²) in [5.41, 5.74) is 2.94. The summed E-state index contributed by atoms with van der Waals surface area (Å²) in [5, 5.41) is 3.53. The maximum Gasteiger partial charge on any atom is 0.272 e. The van der Waals surface area contributed by atoms with Gasteiger partial charge in [-0.1, -0.05) is 71.2 Å². The number of benzene rings is 2. The number of amides is 1.